The highest BCUT2D eigenvalue weighted by Gasteiger charge is 2.19. The fourth-order valence-electron chi connectivity index (χ4n) is 3.24. The highest BCUT2D eigenvalue weighted by Crippen LogP contribution is 2.18. The summed E-state index contributed by atoms with van der Waals surface area (Å²) < 4.78 is 18.7. The van der Waals surface area contributed by atoms with E-state index in [0.29, 0.717) is 5.69 Å². The summed E-state index contributed by atoms with van der Waals surface area (Å²) >= 11 is 0. The Labute approximate surface area is 162 Å². The Morgan fingerprint density at radius 2 is 1.96 bits per heavy atom. The molecular weight excluding hydrogens is 359 g/mol. The molecular formula is C21H21FN4O2. The molecule has 1 aliphatic rings. The Morgan fingerprint density at radius 1 is 1.11 bits per heavy atom. The van der Waals surface area contributed by atoms with Gasteiger partial charge in [0, 0.05) is 31.7 Å². The summed E-state index contributed by atoms with van der Waals surface area (Å²) in [7, 11) is 0. The lowest BCUT2D eigenvalue weighted by atomic mass is 10.2. The van der Waals surface area contributed by atoms with Crippen molar-refractivity contribution in [3.8, 4) is 0 Å². The quantitative estimate of drug-likeness (QED) is 0.735. The number of halogens is 1. The van der Waals surface area contributed by atoms with Gasteiger partial charge < -0.3 is 14.6 Å². The van der Waals surface area contributed by atoms with Crippen molar-refractivity contribution in [3.05, 3.63) is 78.1 Å². The molecule has 1 N–H and O–H groups in total. The molecule has 1 fully saturated rings. The molecule has 1 aromatic carbocycles. The molecule has 0 aliphatic carbocycles. The smallest absolute Gasteiger partial charge is 0.255 e. The van der Waals surface area contributed by atoms with Crippen LogP contribution in [0.4, 0.5) is 15.9 Å². The second-order valence-corrected chi connectivity index (χ2v) is 6.71. The molecule has 1 aliphatic heterocycles. The summed E-state index contributed by atoms with van der Waals surface area (Å²) in [6.45, 7) is 4.44. The predicted molar refractivity (Wildman–Crippen MR) is 105 cm³/mol. The first-order valence-electron chi connectivity index (χ1n) is 9.20. The first kappa shape index (κ1) is 18.2. The molecule has 0 spiro atoms. The van der Waals surface area contributed by atoms with Crippen LogP contribution in [-0.4, -0.2) is 42.0 Å². The molecule has 0 saturated carbocycles. The van der Waals surface area contributed by atoms with Gasteiger partial charge in [-0.3, -0.25) is 9.69 Å². The average Bonchev–Trinajstić information content (AvgIpc) is 3.22. The number of anilines is 2. The third-order valence-corrected chi connectivity index (χ3v) is 4.75. The zero-order chi connectivity index (χ0) is 19.3. The van der Waals surface area contributed by atoms with Crippen molar-refractivity contribution in [1.29, 1.82) is 0 Å². The number of carbonyl (C=O) groups is 1. The number of furan rings is 1. The number of aromatic nitrogens is 1. The minimum Gasteiger partial charge on any atom is -0.468 e. The lowest BCUT2D eigenvalue weighted by molar-refractivity contribution is 0.102. The van der Waals surface area contributed by atoms with Crippen molar-refractivity contribution in [2.24, 2.45) is 0 Å². The Hall–Kier alpha value is -3.19. The van der Waals surface area contributed by atoms with Gasteiger partial charge in [0.15, 0.2) is 0 Å². The second-order valence-electron chi connectivity index (χ2n) is 6.71. The van der Waals surface area contributed by atoms with Gasteiger partial charge in [-0.2, -0.15) is 0 Å². The topological polar surface area (TPSA) is 61.6 Å². The van der Waals surface area contributed by atoms with Crippen LogP contribution in [0.1, 0.15) is 16.1 Å². The monoisotopic (exact) mass is 380 g/mol. The number of hydrogen-bond donors (Lipinski definition) is 1. The van der Waals surface area contributed by atoms with Crippen LogP contribution in [-0.2, 0) is 6.54 Å². The third kappa shape index (κ3) is 4.37. The maximum Gasteiger partial charge on any atom is 0.255 e. The molecule has 28 heavy (non-hydrogen) atoms. The Kier molecular flexibility index (Phi) is 5.34. The van der Waals surface area contributed by atoms with Gasteiger partial charge in [0.1, 0.15) is 17.4 Å². The number of piperazine rings is 1. The minimum atomic E-state index is -0.438. The van der Waals surface area contributed by atoms with E-state index in [1.54, 1.807) is 18.5 Å². The third-order valence-electron chi connectivity index (χ3n) is 4.75. The van der Waals surface area contributed by atoms with Crippen molar-refractivity contribution in [2.75, 3.05) is 36.4 Å². The van der Waals surface area contributed by atoms with Gasteiger partial charge in [0.05, 0.1) is 24.7 Å². The summed E-state index contributed by atoms with van der Waals surface area (Å²) in [6.07, 6.45) is 3.33. The Morgan fingerprint density at radius 3 is 2.64 bits per heavy atom. The van der Waals surface area contributed by atoms with Gasteiger partial charge >= 0.3 is 0 Å². The number of carbonyl (C=O) groups excluding carboxylic acids is 1. The van der Waals surface area contributed by atoms with Gasteiger partial charge in [-0.25, -0.2) is 9.37 Å². The van der Waals surface area contributed by atoms with E-state index in [1.807, 2.05) is 24.3 Å². The van der Waals surface area contributed by atoms with Crippen molar-refractivity contribution < 1.29 is 13.6 Å². The molecule has 1 saturated heterocycles. The lowest BCUT2D eigenvalue weighted by Gasteiger charge is -2.35. The number of nitrogens with zero attached hydrogens (tertiary/aromatic N) is 3. The minimum absolute atomic E-state index is 0.275. The van der Waals surface area contributed by atoms with E-state index in [9.17, 15) is 9.18 Å². The summed E-state index contributed by atoms with van der Waals surface area (Å²) in [4.78, 5) is 21.2. The average molecular weight is 380 g/mol. The summed E-state index contributed by atoms with van der Waals surface area (Å²) in [5.74, 6) is 1.05. The van der Waals surface area contributed by atoms with Gasteiger partial charge in [-0.15, -0.1) is 0 Å². The molecule has 0 unspecified atom stereocenters. The number of rotatable bonds is 5. The van der Waals surface area contributed by atoms with E-state index >= 15 is 0 Å². The van der Waals surface area contributed by atoms with E-state index in [1.165, 1.54) is 18.2 Å². The van der Waals surface area contributed by atoms with Crippen LogP contribution in [0.3, 0.4) is 0 Å². The van der Waals surface area contributed by atoms with Crippen LogP contribution >= 0.6 is 0 Å². The molecule has 144 valence electrons. The van der Waals surface area contributed by atoms with Gasteiger partial charge in [-0.05, 0) is 42.5 Å². The normalized spacial score (nSPS) is 14.8. The largest absolute Gasteiger partial charge is 0.468 e. The predicted octanol–water partition coefficient (Wildman–Crippen LogP) is 3.39. The van der Waals surface area contributed by atoms with E-state index in [0.717, 1.165) is 44.3 Å². The standard InChI is InChI=1S/C21H21FN4O2/c22-17-4-1-3-16(13-17)21(27)24-18-6-7-20(23-14-18)26-10-8-25(9-11-26)15-19-5-2-12-28-19/h1-7,12-14H,8-11,15H2,(H,24,27). The molecule has 0 bridgehead atoms. The molecule has 6 nitrogen and oxygen atoms in total. The van der Waals surface area contributed by atoms with E-state index in [2.05, 4.69) is 20.1 Å². The first-order chi connectivity index (χ1) is 13.7. The fraction of sp³-hybridized carbons (Fsp3) is 0.238. The Bertz CT molecular complexity index is 920. The van der Waals surface area contributed by atoms with Crippen molar-refractivity contribution in [1.82, 2.24) is 9.88 Å². The fourth-order valence-corrected chi connectivity index (χ4v) is 3.24. The van der Waals surface area contributed by atoms with Crippen LogP contribution in [0.15, 0.2) is 65.4 Å². The van der Waals surface area contributed by atoms with Gasteiger partial charge in [-0.1, -0.05) is 6.07 Å². The molecule has 3 aromatic rings. The molecule has 2 aromatic heterocycles. The summed E-state index contributed by atoms with van der Waals surface area (Å²) in [6, 6.07) is 13.2. The van der Waals surface area contributed by atoms with Crippen LogP contribution < -0.4 is 10.2 Å². The SMILES string of the molecule is O=C(Nc1ccc(N2CCN(Cc3ccco3)CC2)nc1)c1cccc(F)c1. The number of benzene rings is 1. The molecule has 0 radical (unpaired) electrons. The van der Waals surface area contributed by atoms with E-state index in [4.69, 9.17) is 4.42 Å². The Balaban J connectivity index is 1.32. The summed E-state index contributed by atoms with van der Waals surface area (Å²) in [5.41, 5.74) is 0.853. The number of pyridine rings is 1. The van der Waals surface area contributed by atoms with Crippen molar-refractivity contribution in [2.45, 2.75) is 6.54 Å². The molecule has 0 atom stereocenters. The number of amides is 1. The molecule has 7 heteroatoms. The lowest BCUT2D eigenvalue weighted by Crippen LogP contribution is -2.46. The molecule has 3 heterocycles. The van der Waals surface area contributed by atoms with Crippen LogP contribution in [0.25, 0.3) is 0 Å². The van der Waals surface area contributed by atoms with Crippen LogP contribution in [0, 0.1) is 5.82 Å². The maximum atomic E-state index is 13.3. The highest BCUT2D eigenvalue weighted by molar-refractivity contribution is 6.04. The number of nitrogens with one attached hydrogen (secondary N) is 1. The van der Waals surface area contributed by atoms with E-state index < -0.39 is 5.82 Å². The van der Waals surface area contributed by atoms with Crippen LogP contribution in [0.2, 0.25) is 0 Å². The van der Waals surface area contributed by atoms with Crippen molar-refractivity contribution >= 4 is 17.4 Å². The zero-order valence-corrected chi connectivity index (χ0v) is 15.3. The molecule has 4 rings (SSSR count). The molecule has 1 amide bonds. The first-order valence-corrected chi connectivity index (χ1v) is 9.20. The van der Waals surface area contributed by atoms with Gasteiger partial charge in [0.25, 0.3) is 5.91 Å². The van der Waals surface area contributed by atoms with E-state index in [-0.39, 0.29) is 11.5 Å². The van der Waals surface area contributed by atoms with Gasteiger partial charge in [0.2, 0.25) is 0 Å². The second kappa shape index (κ2) is 8.22. The number of hydrogen-bond acceptors (Lipinski definition) is 5. The van der Waals surface area contributed by atoms with Crippen molar-refractivity contribution in [3.63, 3.8) is 0 Å². The maximum absolute atomic E-state index is 13.3. The zero-order valence-electron chi connectivity index (χ0n) is 15.3. The highest BCUT2D eigenvalue weighted by atomic mass is 19.1. The van der Waals surface area contributed by atoms with Crippen LogP contribution in [0.5, 0.6) is 0 Å². The summed E-state index contributed by atoms with van der Waals surface area (Å²) in [5, 5.41) is 2.74.